The van der Waals surface area contributed by atoms with Crippen LogP contribution in [0, 0.1) is 6.42 Å². The summed E-state index contributed by atoms with van der Waals surface area (Å²) in [5.74, 6) is 0.00433. The summed E-state index contributed by atoms with van der Waals surface area (Å²) in [5, 5.41) is 0.308. The van der Waals surface area contributed by atoms with Crippen molar-refractivity contribution in [3.63, 3.8) is 0 Å². The summed E-state index contributed by atoms with van der Waals surface area (Å²) in [5.41, 5.74) is 6.08. The van der Waals surface area contributed by atoms with Gasteiger partial charge in [0.1, 0.15) is 0 Å². The Labute approximate surface area is 179 Å². The average molecular weight is 433 g/mol. The number of aromatic nitrogens is 2. The number of likely N-dealkylation sites (tertiary alicyclic amines) is 2. The molecule has 3 N–H and O–H groups in total. The van der Waals surface area contributed by atoms with Crippen LogP contribution in [0.15, 0.2) is 16.9 Å². The first-order valence-electron chi connectivity index (χ1n) is 10.5. The molecule has 0 saturated carbocycles. The SMILES string of the molecule is NC(=O)n1c(=O)[nH]c2c(Cl)cc(C[CH]C(=O)N3CCC(N4CCCCC4)CC3)cc21. The fourth-order valence-electron chi connectivity index (χ4n) is 4.62. The van der Waals surface area contributed by atoms with Crippen LogP contribution < -0.4 is 11.4 Å². The molecule has 9 heteroatoms. The standard InChI is InChI=1S/C21H27ClN5O3/c22-16-12-14(13-17-19(16)24-21(30)27(17)20(23)29)4-5-18(28)26-10-6-15(7-11-26)25-8-2-1-3-9-25/h5,12-13,15H,1-4,6-11H2,(H2,23,29)(H,24,30). The summed E-state index contributed by atoms with van der Waals surface area (Å²) >= 11 is 6.26. The fraction of sp³-hybridized carbons (Fsp3) is 0.524. The number of primary amides is 1. The molecule has 161 valence electrons. The number of nitrogens with two attached hydrogens (primary N) is 1. The van der Waals surface area contributed by atoms with Gasteiger partial charge in [-0.15, -0.1) is 0 Å². The van der Waals surface area contributed by atoms with Crippen molar-refractivity contribution >= 4 is 34.6 Å². The molecule has 1 aromatic carbocycles. The van der Waals surface area contributed by atoms with E-state index in [0.29, 0.717) is 28.5 Å². The molecule has 2 aliphatic rings. The summed E-state index contributed by atoms with van der Waals surface area (Å²) < 4.78 is 0.845. The van der Waals surface area contributed by atoms with Crippen molar-refractivity contribution in [1.29, 1.82) is 0 Å². The molecule has 2 fully saturated rings. The summed E-state index contributed by atoms with van der Waals surface area (Å²) in [6, 6.07) is 3.07. The number of amides is 2. The lowest BCUT2D eigenvalue weighted by molar-refractivity contribution is -0.129. The van der Waals surface area contributed by atoms with Gasteiger partial charge in [0.2, 0.25) is 5.91 Å². The van der Waals surface area contributed by atoms with E-state index < -0.39 is 11.7 Å². The topological polar surface area (TPSA) is 104 Å². The molecule has 0 atom stereocenters. The van der Waals surface area contributed by atoms with Crippen molar-refractivity contribution in [1.82, 2.24) is 19.4 Å². The minimum absolute atomic E-state index is 0.00433. The van der Waals surface area contributed by atoms with E-state index in [1.165, 1.54) is 32.4 Å². The number of nitrogens with zero attached hydrogens (tertiary/aromatic N) is 3. The van der Waals surface area contributed by atoms with Crippen LogP contribution in [0.4, 0.5) is 4.79 Å². The number of H-pyrrole nitrogens is 1. The number of halogens is 1. The van der Waals surface area contributed by atoms with Gasteiger partial charge >= 0.3 is 11.7 Å². The molecule has 4 rings (SSSR count). The number of hydrogen-bond acceptors (Lipinski definition) is 4. The van der Waals surface area contributed by atoms with E-state index in [4.69, 9.17) is 17.3 Å². The normalized spacial score (nSPS) is 18.8. The molecule has 2 saturated heterocycles. The van der Waals surface area contributed by atoms with Crippen molar-refractivity contribution in [2.45, 2.75) is 44.6 Å². The Morgan fingerprint density at radius 3 is 2.50 bits per heavy atom. The van der Waals surface area contributed by atoms with Crippen molar-refractivity contribution in [3.8, 4) is 0 Å². The quantitative estimate of drug-likeness (QED) is 0.772. The van der Waals surface area contributed by atoms with E-state index in [9.17, 15) is 14.4 Å². The van der Waals surface area contributed by atoms with Gasteiger partial charge in [0.05, 0.1) is 22.5 Å². The summed E-state index contributed by atoms with van der Waals surface area (Å²) in [7, 11) is 0. The van der Waals surface area contributed by atoms with Crippen LogP contribution in [-0.2, 0) is 11.2 Å². The molecule has 2 amide bonds. The zero-order valence-electron chi connectivity index (χ0n) is 16.9. The third-order valence-corrected chi connectivity index (χ3v) is 6.52. The van der Waals surface area contributed by atoms with E-state index in [-0.39, 0.29) is 5.91 Å². The molecule has 0 spiro atoms. The zero-order valence-corrected chi connectivity index (χ0v) is 17.7. The number of fused-ring (bicyclic) bond motifs is 1. The maximum absolute atomic E-state index is 12.7. The molecule has 0 bridgehead atoms. The Kier molecular flexibility index (Phi) is 6.15. The molecule has 30 heavy (non-hydrogen) atoms. The zero-order chi connectivity index (χ0) is 21.3. The second-order valence-corrected chi connectivity index (χ2v) is 8.54. The average Bonchev–Trinajstić information content (AvgIpc) is 3.09. The first-order chi connectivity index (χ1) is 14.4. The van der Waals surface area contributed by atoms with Gasteiger partial charge in [-0.05, 0) is 62.9 Å². The first-order valence-corrected chi connectivity index (χ1v) is 10.9. The van der Waals surface area contributed by atoms with Gasteiger partial charge in [-0.1, -0.05) is 18.0 Å². The summed E-state index contributed by atoms with van der Waals surface area (Å²) in [4.78, 5) is 43.2. The van der Waals surface area contributed by atoms with Gasteiger partial charge in [-0.2, -0.15) is 0 Å². The van der Waals surface area contributed by atoms with Crippen molar-refractivity contribution < 1.29 is 9.59 Å². The molecule has 8 nitrogen and oxygen atoms in total. The maximum atomic E-state index is 12.7. The van der Waals surface area contributed by atoms with Crippen LogP contribution >= 0.6 is 11.6 Å². The molecule has 0 unspecified atom stereocenters. The van der Waals surface area contributed by atoms with Gasteiger partial charge in [0.25, 0.3) is 0 Å². The number of hydrogen-bond donors (Lipinski definition) is 2. The first kappa shape index (κ1) is 20.9. The largest absolute Gasteiger partial charge is 0.351 e. The highest BCUT2D eigenvalue weighted by Crippen LogP contribution is 2.25. The molecule has 2 aliphatic heterocycles. The smallest absolute Gasteiger partial charge is 0.334 e. The Morgan fingerprint density at radius 2 is 1.83 bits per heavy atom. The van der Waals surface area contributed by atoms with Gasteiger partial charge in [0, 0.05) is 19.1 Å². The molecular weight excluding hydrogens is 406 g/mol. The van der Waals surface area contributed by atoms with E-state index in [2.05, 4.69) is 9.88 Å². The number of carbonyl (C=O) groups is 2. The van der Waals surface area contributed by atoms with Gasteiger partial charge in [-0.3, -0.25) is 4.79 Å². The second kappa shape index (κ2) is 8.81. The number of benzene rings is 1. The number of carbonyl (C=O) groups excluding carboxylic acids is 2. The van der Waals surface area contributed by atoms with Crippen LogP contribution in [0.25, 0.3) is 11.0 Å². The van der Waals surface area contributed by atoms with Crippen LogP contribution in [0.2, 0.25) is 5.02 Å². The Hall–Kier alpha value is -2.32. The van der Waals surface area contributed by atoms with Gasteiger partial charge in [0.15, 0.2) is 0 Å². The van der Waals surface area contributed by atoms with Crippen LogP contribution in [0.5, 0.6) is 0 Å². The lowest BCUT2D eigenvalue weighted by atomic mass is 9.99. The minimum Gasteiger partial charge on any atom is -0.351 e. The summed E-state index contributed by atoms with van der Waals surface area (Å²) in [6.45, 7) is 3.91. The number of aromatic amines is 1. The highest BCUT2D eigenvalue weighted by atomic mass is 35.5. The monoisotopic (exact) mass is 432 g/mol. The van der Waals surface area contributed by atoms with Crippen molar-refractivity contribution in [3.05, 3.63) is 39.6 Å². The third kappa shape index (κ3) is 4.25. The third-order valence-electron chi connectivity index (χ3n) is 6.22. The van der Waals surface area contributed by atoms with E-state index in [0.717, 1.165) is 36.1 Å². The number of imidazole rings is 1. The lowest BCUT2D eigenvalue weighted by Crippen LogP contribution is -2.48. The number of rotatable bonds is 4. The fourth-order valence-corrected chi connectivity index (χ4v) is 4.91. The molecule has 0 aliphatic carbocycles. The predicted octanol–water partition coefficient (Wildman–Crippen LogP) is 2.13. The van der Waals surface area contributed by atoms with Gasteiger partial charge < -0.3 is 20.5 Å². The molecule has 1 radical (unpaired) electrons. The molecular formula is C21H27ClN5O3. The second-order valence-electron chi connectivity index (χ2n) is 8.14. The highest BCUT2D eigenvalue weighted by molar-refractivity contribution is 6.35. The molecule has 2 aromatic rings. The highest BCUT2D eigenvalue weighted by Gasteiger charge is 2.27. The van der Waals surface area contributed by atoms with Crippen LogP contribution in [0.3, 0.4) is 0 Å². The lowest BCUT2D eigenvalue weighted by Gasteiger charge is -2.40. The number of nitrogens with one attached hydrogen (secondary N) is 1. The summed E-state index contributed by atoms with van der Waals surface area (Å²) in [6.07, 6.45) is 7.93. The Morgan fingerprint density at radius 1 is 1.13 bits per heavy atom. The number of piperidine rings is 2. The van der Waals surface area contributed by atoms with Crippen molar-refractivity contribution in [2.24, 2.45) is 5.73 Å². The Bertz CT molecular complexity index is 1000. The molecule has 1 aromatic heterocycles. The van der Waals surface area contributed by atoms with Gasteiger partial charge in [-0.25, -0.2) is 14.2 Å². The Balaban J connectivity index is 1.37. The van der Waals surface area contributed by atoms with E-state index in [1.807, 2.05) is 4.90 Å². The van der Waals surface area contributed by atoms with Crippen LogP contribution in [-0.4, -0.2) is 63.5 Å². The van der Waals surface area contributed by atoms with E-state index in [1.54, 1.807) is 18.6 Å². The molecule has 3 heterocycles. The van der Waals surface area contributed by atoms with Crippen LogP contribution in [0.1, 0.15) is 37.7 Å². The van der Waals surface area contributed by atoms with Crippen molar-refractivity contribution in [2.75, 3.05) is 26.2 Å². The predicted molar refractivity (Wildman–Crippen MR) is 116 cm³/mol. The van der Waals surface area contributed by atoms with E-state index >= 15 is 0 Å². The maximum Gasteiger partial charge on any atom is 0.334 e. The minimum atomic E-state index is -0.879.